The minimum Gasteiger partial charge on any atom is -0.389 e. The Morgan fingerprint density at radius 2 is 2.18 bits per heavy atom. The van der Waals surface area contributed by atoms with Crippen LogP contribution in [0.4, 0.5) is 0 Å². The smallest absolute Gasteiger partial charge is 0.0787 e. The van der Waals surface area contributed by atoms with E-state index in [2.05, 4.69) is 40.3 Å². The van der Waals surface area contributed by atoms with Crippen molar-refractivity contribution < 1.29 is 5.11 Å². The van der Waals surface area contributed by atoms with Crippen LogP contribution in [0.15, 0.2) is 15.9 Å². The van der Waals surface area contributed by atoms with Crippen LogP contribution >= 0.6 is 39.0 Å². The van der Waals surface area contributed by atoms with E-state index in [0.717, 1.165) is 28.1 Å². The van der Waals surface area contributed by atoms with Gasteiger partial charge in [0.2, 0.25) is 0 Å². The summed E-state index contributed by atoms with van der Waals surface area (Å²) in [5.41, 5.74) is -0.492. The molecule has 17 heavy (non-hydrogen) atoms. The normalized spacial score (nSPS) is 21.4. The summed E-state index contributed by atoms with van der Waals surface area (Å²) in [5.74, 6) is 2.16. The lowest BCUT2D eigenvalue weighted by Crippen LogP contribution is -2.44. The van der Waals surface area contributed by atoms with Crippen molar-refractivity contribution in [3.8, 4) is 0 Å². The first-order chi connectivity index (χ1) is 8.09. The zero-order valence-electron chi connectivity index (χ0n) is 9.91. The van der Waals surface area contributed by atoms with Gasteiger partial charge in [-0.05, 0) is 59.3 Å². The van der Waals surface area contributed by atoms with Gasteiger partial charge in [0.05, 0.1) is 9.39 Å². The summed E-state index contributed by atoms with van der Waals surface area (Å²) in [6.07, 6.45) is 1.82. The maximum atomic E-state index is 10.4. The van der Waals surface area contributed by atoms with Gasteiger partial charge in [-0.15, -0.1) is 11.3 Å². The molecule has 0 amide bonds. The maximum Gasteiger partial charge on any atom is 0.0787 e. The van der Waals surface area contributed by atoms with E-state index in [1.165, 1.54) is 4.88 Å². The average Bonchev–Trinajstić information content (AvgIpc) is 2.74. The quantitative estimate of drug-likeness (QED) is 0.884. The van der Waals surface area contributed by atoms with Crippen molar-refractivity contribution in [3.63, 3.8) is 0 Å². The van der Waals surface area contributed by atoms with Crippen molar-refractivity contribution in [3.05, 3.63) is 20.8 Å². The fourth-order valence-corrected chi connectivity index (χ4v) is 4.64. The summed E-state index contributed by atoms with van der Waals surface area (Å²) in [6.45, 7) is 2.85. The molecule has 0 radical (unpaired) electrons. The van der Waals surface area contributed by atoms with Crippen LogP contribution in [0.5, 0.6) is 0 Å². The summed E-state index contributed by atoms with van der Waals surface area (Å²) in [4.78, 5) is 1.31. The molecule has 1 aromatic heterocycles. The summed E-state index contributed by atoms with van der Waals surface area (Å²) >= 11 is 7.17. The van der Waals surface area contributed by atoms with Crippen molar-refractivity contribution in [2.45, 2.75) is 31.4 Å². The summed E-state index contributed by atoms with van der Waals surface area (Å²) in [5, 5.41) is 13.8. The molecule has 2 heterocycles. The minimum atomic E-state index is -0.492. The summed E-state index contributed by atoms with van der Waals surface area (Å²) in [7, 11) is 0. The lowest BCUT2D eigenvalue weighted by atomic mass is 9.96. The van der Waals surface area contributed by atoms with Crippen molar-refractivity contribution in [1.82, 2.24) is 5.32 Å². The van der Waals surface area contributed by atoms with Gasteiger partial charge in [0.1, 0.15) is 0 Å². The number of halogens is 1. The van der Waals surface area contributed by atoms with Gasteiger partial charge in [0.15, 0.2) is 0 Å². The number of thiophene rings is 1. The molecule has 5 heteroatoms. The molecule has 1 saturated heterocycles. The summed E-state index contributed by atoms with van der Waals surface area (Å²) < 4.78 is 1.16. The van der Waals surface area contributed by atoms with Crippen molar-refractivity contribution in [2.24, 2.45) is 0 Å². The Kier molecular flexibility index (Phi) is 4.95. The molecule has 0 aromatic carbocycles. The topological polar surface area (TPSA) is 32.3 Å². The molecule has 2 nitrogen and oxygen atoms in total. The SMILES string of the molecule is CC(NCC1(O)CCSCC1)c1ccc(Br)s1. The molecule has 1 unspecified atom stereocenters. The number of hydrogen-bond acceptors (Lipinski definition) is 4. The predicted molar refractivity (Wildman–Crippen MR) is 79.9 cm³/mol. The maximum absolute atomic E-state index is 10.4. The lowest BCUT2D eigenvalue weighted by molar-refractivity contribution is 0.0301. The molecule has 1 aromatic rings. The van der Waals surface area contributed by atoms with Gasteiger partial charge in [-0.25, -0.2) is 0 Å². The van der Waals surface area contributed by atoms with E-state index in [1.807, 2.05) is 11.8 Å². The molecular weight excluding hydrogens is 318 g/mol. The third-order valence-corrected chi connectivity index (χ3v) is 5.97. The van der Waals surface area contributed by atoms with Crippen LogP contribution in [0.3, 0.4) is 0 Å². The molecule has 1 aliphatic rings. The molecule has 0 spiro atoms. The minimum absolute atomic E-state index is 0.310. The van der Waals surface area contributed by atoms with Crippen molar-refractivity contribution in [1.29, 1.82) is 0 Å². The van der Waals surface area contributed by atoms with E-state index in [0.29, 0.717) is 12.6 Å². The van der Waals surface area contributed by atoms with E-state index in [4.69, 9.17) is 0 Å². The first kappa shape index (κ1) is 13.9. The number of rotatable bonds is 4. The molecule has 96 valence electrons. The van der Waals surface area contributed by atoms with Crippen molar-refractivity contribution in [2.75, 3.05) is 18.1 Å². The monoisotopic (exact) mass is 335 g/mol. The standard InChI is InChI=1S/C12H18BrNOS2/c1-9(10-2-3-11(13)17-10)14-8-12(15)4-6-16-7-5-12/h2-3,9,14-15H,4-8H2,1H3. The Labute approximate surface area is 119 Å². The number of hydrogen-bond donors (Lipinski definition) is 2. The molecular formula is C12H18BrNOS2. The zero-order chi connectivity index (χ0) is 12.3. The zero-order valence-corrected chi connectivity index (χ0v) is 13.1. The average molecular weight is 336 g/mol. The number of thioether (sulfide) groups is 1. The third-order valence-electron chi connectivity index (χ3n) is 3.18. The van der Waals surface area contributed by atoms with E-state index >= 15 is 0 Å². The van der Waals surface area contributed by atoms with Crippen LogP contribution in [-0.4, -0.2) is 28.8 Å². The van der Waals surface area contributed by atoms with E-state index in [9.17, 15) is 5.11 Å². The molecule has 2 N–H and O–H groups in total. The Balaban J connectivity index is 1.85. The second-order valence-electron chi connectivity index (χ2n) is 4.58. The molecule has 1 atom stereocenters. The predicted octanol–water partition coefficient (Wildman–Crippen LogP) is 3.42. The molecule has 1 aliphatic heterocycles. The summed E-state index contributed by atoms with van der Waals surface area (Å²) in [6, 6.07) is 4.52. The van der Waals surface area contributed by atoms with Gasteiger partial charge in [-0.2, -0.15) is 11.8 Å². The van der Waals surface area contributed by atoms with Gasteiger partial charge in [-0.1, -0.05) is 0 Å². The Morgan fingerprint density at radius 3 is 2.76 bits per heavy atom. The highest BCUT2D eigenvalue weighted by Gasteiger charge is 2.29. The Hall–Kier alpha value is 0.450. The first-order valence-corrected chi connectivity index (χ1v) is 8.64. The van der Waals surface area contributed by atoms with Crippen LogP contribution in [0.25, 0.3) is 0 Å². The molecule has 1 fully saturated rings. The lowest BCUT2D eigenvalue weighted by Gasteiger charge is -2.33. The molecule has 0 aliphatic carbocycles. The second-order valence-corrected chi connectivity index (χ2v) is 8.30. The highest BCUT2D eigenvalue weighted by atomic mass is 79.9. The molecule has 0 saturated carbocycles. The fourth-order valence-electron chi connectivity index (χ4n) is 1.93. The van der Waals surface area contributed by atoms with Gasteiger partial charge < -0.3 is 10.4 Å². The third kappa shape index (κ3) is 3.96. The van der Waals surface area contributed by atoms with Crippen LogP contribution in [0.2, 0.25) is 0 Å². The highest BCUT2D eigenvalue weighted by molar-refractivity contribution is 9.11. The van der Waals surface area contributed by atoms with Crippen LogP contribution in [-0.2, 0) is 0 Å². The van der Waals surface area contributed by atoms with Crippen molar-refractivity contribution >= 4 is 39.0 Å². The van der Waals surface area contributed by atoms with Crippen LogP contribution in [0, 0.1) is 0 Å². The van der Waals surface area contributed by atoms with Crippen LogP contribution < -0.4 is 5.32 Å². The van der Waals surface area contributed by atoms with Gasteiger partial charge >= 0.3 is 0 Å². The molecule has 2 rings (SSSR count). The van der Waals surface area contributed by atoms with E-state index < -0.39 is 5.60 Å². The second kappa shape index (κ2) is 6.06. The van der Waals surface area contributed by atoms with Gasteiger partial charge in [-0.3, -0.25) is 0 Å². The Bertz CT molecular complexity index is 363. The number of aliphatic hydroxyl groups is 1. The fraction of sp³-hybridized carbons (Fsp3) is 0.667. The van der Waals surface area contributed by atoms with E-state index in [-0.39, 0.29) is 0 Å². The highest BCUT2D eigenvalue weighted by Crippen LogP contribution is 2.29. The Morgan fingerprint density at radius 1 is 1.47 bits per heavy atom. The van der Waals surface area contributed by atoms with Gasteiger partial charge in [0.25, 0.3) is 0 Å². The van der Waals surface area contributed by atoms with Crippen LogP contribution in [0.1, 0.15) is 30.7 Å². The molecule has 0 bridgehead atoms. The number of nitrogens with one attached hydrogen (secondary N) is 1. The van der Waals surface area contributed by atoms with Gasteiger partial charge in [0, 0.05) is 17.5 Å². The van der Waals surface area contributed by atoms with E-state index in [1.54, 1.807) is 11.3 Å². The first-order valence-electron chi connectivity index (χ1n) is 5.88. The largest absolute Gasteiger partial charge is 0.389 e.